The molecule has 0 aliphatic rings. The predicted molar refractivity (Wildman–Crippen MR) is 66.1 cm³/mol. The van der Waals surface area contributed by atoms with Crippen molar-refractivity contribution in [2.45, 2.75) is 13.0 Å². The molecule has 1 N–H and O–H groups in total. The van der Waals surface area contributed by atoms with Crippen molar-refractivity contribution in [1.29, 1.82) is 0 Å². The van der Waals surface area contributed by atoms with E-state index in [0.717, 1.165) is 4.47 Å². The molecular formula is C10H10BrN3S. The van der Waals surface area contributed by atoms with Gasteiger partial charge in [0.1, 0.15) is 0 Å². The number of halogens is 1. The number of rotatable bonds is 3. The van der Waals surface area contributed by atoms with Crippen molar-refractivity contribution in [2.75, 3.05) is 5.32 Å². The Balaban J connectivity index is 2.06. The molecule has 0 spiro atoms. The Labute approximate surface area is 101 Å². The Morgan fingerprint density at radius 2 is 2.13 bits per heavy atom. The summed E-state index contributed by atoms with van der Waals surface area (Å²) in [5.41, 5.74) is 1.26. The molecule has 5 heteroatoms. The Morgan fingerprint density at radius 1 is 1.40 bits per heavy atom. The van der Waals surface area contributed by atoms with Crippen LogP contribution < -0.4 is 5.32 Å². The summed E-state index contributed by atoms with van der Waals surface area (Å²) < 4.78 is 0.885. The quantitative estimate of drug-likeness (QED) is 0.937. The predicted octanol–water partition coefficient (Wildman–Crippen LogP) is 3.47. The van der Waals surface area contributed by atoms with E-state index >= 15 is 0 Å². The topological polar surface area (TPSA) is 37.8 Å². The Kier molecular flexibility index (Phi) is 3.33. The van der Waals surface area contributed by atoms with Gasteiger partial charge < -0.3 is 5.32 Å². The Bertz CT molecular complexity index is 413. The van der Waals surface area contributed by atoms with Crippen LogP contribution in [0.5, 0.6) is 0 Å². The third kappa shape index (κ3) is 2.76. The molecule has 0 aliphatic carbocycles. The average molecular weight is 284 g/mol. The highest BCUT2D eigenvalue weighted by Crippen LogP contribution is 2.19. The van der Waals surface area contributed by atoms with Crippen LogP contribution in [0.25, 0.3) is 0 Å². The molecule has 0 fully saturated rings. The lowest BCUT2D eigenvalue weighted by Gasteiger charge is -2.11. The normalized spacial score (nSPS) is 12.4. The van der Waals surface area contributed by atoms with E-state index in [1.807, 2.05) is 0 Å². The van der Waals surface area contributed by atoms with E-state index in [9.17, 15) is 0 Å². The second-order valence-corrected chi connectivity index (χ2v) is 4.84. The molecule has 78 valence electrons. The van der Waals surface area contributed by atoms with E-state index in [0.29, 0.717) is 5.95 Å². The van der Waals surface area contributed by atoms with Gasteiger partial charge in [-0.15, -0.1) is 0 Å². The lowest BCUT2D eigenvalue weighted by atomic mass is 10.2. The highest BCUT2D eigenvalue weighted by atomic mass is 79.9. The van der Waals surface area contributed by atoms with Gasteiger partial charge in [-0.25, -0.2) is 9.97 Å². The van der Waals surface area contributed by atoms with Crippen LogP contribution in [0.4, 0.5) is 5.95 Å². The van der Waals surface area contributed by atoms with Crippen LogP contribution in [0.2, 0.25) is 0 Å². The first kappa shape index (κ1) is 10.6. The molecule has 0 saturated carbocycles. The second-order valence-electron chi connectivity index (χ2n) is 3.15. The van der Waals surface area contributed by atoms with Gasteiger partial charge in [-0.3, -0.25) is 0 Å². The fourth-order valence-electron chi connectivity index (χ4n) is 1.19. The SMILES string of the molecule is CC(Nc1ncc(Br)cn1)c1ccsc1. The van der Waals surface area contributed by atoms with Crippen LogP contribution in [0.1, 0.15) is 18.5 Å². The first-order chi connectivity index (χ1) is 7.25. The number of aromatic nitrogens is 2. The number of thiophene rings is 1. The van der Waals surface area contributed by atoms with Gasteiger partial charge in [0.05, 0.1) is 10.5 Å². The summed E-state index contributed by atoms with van der Waals surface area (Å²) >= 11 is 4.99. The highest BCUT2D eigenvalue weighted by molar-refractivity contribution is 9.10. The van der Waals surface area contributed by atoms with E-state index in [1.54, 1.807) is 23.7 Å². The summed E-state index contributed by atoms with van der Waals surface area (Å²) in [7, 11) is 0. The summed E-state index contributed by atoms with van der Waals surface area (Å²) in [5.74, 6) is 0.650. The van der Waals surface area contributed by atoms with E-state index in [4.69, 9.17) is 0 Å². The first-order valence-electron chi connectivity index (χ1n) is 4.52. The van der Waals surface area contributed by atoms with Crippen LogP contribution in [0, 0.1) is 0 Å². The fraction of sp³-hybridized carbons (Fsp3) is 0.200. The average Bonchev–Trinajstić information content (AvgIpc) is 2.74. The lowest BCUT2D eigenvalue weighted by molar-refractivity contribution is 0.864. The van der Waals surface area contributed by atoms with Crippen LogP contribution in [0.15, 0.2) is 33.7 Å². The Morgan fingerprint density at radius 3 is 2.73 bits per heavy atom. The van der Waals surface area contributed by atoms with Gasteiger partial charge in [0, 0.05) is 12.4 Å². The number of hydrogen-bond donors (Lipinski definition) is 1. The second kappa shape index (κ2) is 4.72. The minimum Gasteiger partial charge on any atom is -0.348 e. The van der Waals surface area contributed by atoms with Crippen LogP contribution >= 0.6 is 27.3 Å². The summed E-state index contributed by atoms with van der Waals surface area (Å²) in [4.78, 5) is 8.32. The lowest BCUT2D eigenvalue weighted by Crippen LogP contribution is -2.08. The van der Waals surface area contributed by atoms with Crippen LogP contribution in [-0.2, 0) is 0 Å². The van der Waals surface area contributed by atoms with Gasteiger partial charge in [-0.1, -0.05) is 0 Å². The van der Waals surface area contributed by atoms with E-state index in [1.165, 1.54) is 5.56 Å². The maximum Gasteiger partial charge on any atom is 0.223 e. The van der Waals surface area contributed by atoms with Gasteiger partial charge >= 0.3 is 0 Å². The zero-order valence-corrected chi connectivity index (χ0v) is 10.5. The molecule has 2 aromatic rings. The van der Waals surface area contributed by atoms with Gasteiger partial charge in [-0.05, 0) is 45.2 Å². The molecule has 0 bridgehead atoms. The van der Waals surface area contributed by atoms with Gasteiger partial charge in [0.15, 0.2) is 0 Å². The van der Waals surface area contributed by atoms with Gasteiger partial charge in [0.2, 0.25) is 5.95 Å². The van der Waals surface area contributed by atoms with Crippen molar-refractivity contribution in [2.24, 2.45) is 0 Å². The number of nitrogens with zero attached hydrogens (tertiary/aromatic N) is 2. The molecule has 2 aromatic heterocycles. The largest absolute Gasteiger partial charge is 0.348 e. The van der Waals surface area contributed by atoms with Crippen molar-refractivity contribution in [3.8, 4) is 0 Å². The molecular weight excluding hydrogens is 274 g/mol. The van der Waals surface area contributed by atoms with Crippen molar-refractivity contribution in [1.82, 2.24) is 9.97 Å². The zero-order chi connectivity index (χ0) is 10.7. The molecule has 0 amide bonds. The summed E-state index contributed by atoms with van der Waals surface area (Å²) in [5, 5.41) is 7.42. The van der Waals surface area contributed by atoms with E-state index < -0.39 is 0 Å². The minimum atomic E-state index is 0.234. The van der Waals surface area contributed by atoms with E-state index in [2.05, 4.69) is 55.0 Å². The van der Waals surface area contributed by atoms with Crippen molar-refractivity contribution in [3.05, 3.63) is 39.3 Å². The Hall–Kier alpha value is -0.940. The standard InChI is InChI=1S/C10H10BrN3S/c1-7(8-2-3-15-6-8)14-10-12-4-9(11)5-13-10/h2-7H,1H3,(H,12,13,14). The zero-order valence-electron chi connectivity index (χ0n) is 8.14. The monoisotopic (exact) mass is 283 g/mol. The summed E-state index contributed by atoms with van der Waals surface area (Å²) in [6, 6.07) is 2.33. The molecule has 0 saturated heterocycles. The smallest absolute Gasteiger partial charge is 0.223 e. The maximum absolute atomic E-state index is 4.16. The molecule has 2 heterocycles. The first-order valence-corrected chi connectivity index (χ1v) is 6.25. The fourth-order valence-corrected chi connectivity index (χ4v) is 2.14. The van der Waals surface area contributed by atoms with Gasteiger partial charge in [-0.2, -0.15) is 11.3 Å². The molecule has 0 radical (unpaired) electrons. The van der Waals surface area contributed by atoms with Crippen molar-refractivity contribution in [3.63, 3.8) is 0 Å². The molecule has 15 heavy (non-hydrogen) atoms. The van der Waals surface area contributed by atoms with E-state index in [-0.39, 0.29) is 6.04 Å². The third-order valence-corrected chi connectivity index (χ3v) is 3.12. The third-order valence-electron chi connectivity index (χ3n) is 2.01. The maximum atomic E-state index is 4.16. The molecule has 0 aromatic carbocycles. The van der Waals surface area contributed by atoms with Crippen LogP contribution in [-0.4, -0.2) is 9.97 Å². The van der Waals surface area contributed by atoms with Crippen molar-refractivity contribution < 1.29 is 0 Å². The molecule has 1 unspecified atom stereocenters. The van der Waals surface area contributed by atoms with Crippen LogP contribution in [0.3, 0.4) is 0 Å². The summed E-state index contributed by atoms with van der Waals surface area (Å²) in [6.07, 6.45) is 3.46. The van der Waals surface area contributed by atoms with Gasteiger partial charge in [0.25, 0.3) is 0 Å². The molecule has 3 nitrogen and oxygen atoms in total. The minimum absolute atomic E-state index is 0.234. The number of nitrogens with one attached hydrogen (secondary N) is 1. The molecule has 0 aliphatic heterocycles. The molecule has 1 atom stereocenters. The van der Waals surface area contributed by atoms with Crippen molar-refractivity contribution >= 4 is 33.2 Å². The highest BCUT2D eigenvalue weighted by Gasteiger charge is 2.06. The molecule has 2 rings (SSSR count). The summed E-state index contributed by atoms with van der Waals surface area (Å²) in [6.45, 7) is 2.09. The number of hydrogen-bond acceptors (Lipinski definition) is 4. The number of anilines is 1.